The van der Waals surface area contributed by atoms with Crippen molar-refractivity contribution in [1.82, 2.24) is 20.6 Å². The number of hydrogen-bond acceptors (Lipinski definition) is 7. The smallest absolute Gasteiger partial charge is 0.320 e. The molecule has 2 aromatic heterocycles. The first-order chi connectivity index (χ1) is 28.2. The SMILES string of the molecule is C=Cc1c2[nH]c(c1C)/C=C1\NC(C3=c4[nH]c(c(C)c4=C(O)[C@@H]3C(=O)OC)/C=C3\N/C(=C\2)[C@H](C)\C3=C/C)[C@@H](CCC(=O)OC/C=C(/C)CC/C=C(\C)CCCC(=C)C)[C@@H]1C. The number of carbonyl (C=O) groups excluding carboxylic acids is 2. The number of H-pyrrole nitrogens is 2. The molecule has 0 radical (unpaired) electrons. The van der Waals surface area contributed by atoms with E-state index in [4.69, 9.17) is 9.47 Å². The third-order valence-corrected chi connectivity index (χ3v) is 12.9. The van der Waals surface area contributed by atoms with Crippen LogP contribution < -0.4 is 21.2 Å². The molecule has 0 amide bonds. The van der Waals surface area contributed by atoms with Gasteiger partial charge in [0.25, 0.3) is 0 Å². The summed E-state index contributed by atoms with van der Waals surface area (Å²) in [6, 6.07) is -0.404. The molecule has 0 aromatic carbocycles. The van der Waals surface area contributed by atoms with Crippen LogP contribution in [0.5, 0.6) is 0 Å². The van der Waals surface area contributed by atoms with Crippen LogP contribution in [0.1, 0.15) is 120 Å². The van der Waals surface area contributed by atoms with Gasteiger partial charge in [-0.05, 0) is 133 Å². The van der Waals surface area contributed by atoms with Gasteiger partial charge >= 0.3 is 11.9 Å². The van der Waals surface area contributed by atoms with Crippen LogP contribution in [-0.2, 0) is 19.1 Å². The second-order valence-corrected chi connectivity index (χ2v) is 17.0. The molecule has 3 aliphatic heterocycles. The zero-order chi connectivity index (χ0) is 42.7. The Morgan fingerprint density at radius 1 is 0.915 bits per heavy atom. The molecule has 0 saturated carbocycles. The van der Waals surface area contributed by atoms with Gasteiger partial charge in [0, 0.05) is 63.2 Å². The second kappa shape index (κ2) is 18.2. The van der Waals surface area contributed by atoms with Crippen molar-refractivity contribution in [3.05, 3.63) is 115 Å². The zero-order valence-electron chi connectivity index (χ0n) is 36.6. The topological polar surface area (TPSA) is 128 Å². The van der Waals surface area contributed by atoms with Gasteiger partial charge < -0.3 is 35.2 Å². The van der Waals surface area contributed by atoms with E-state index < -0.39 is 17.9 Å². The number of aliphatic hydroxyl groups is 1. The molecule has 8 bridgehead atoms. The van der Waals surface area contributed by atoms with Crippen LogP contribution in [0.3, 0.4) is 0 Å². The quantitative estimate of drug-likeness (QED) is 0.0953. The van der Waals surface area contributed by atoms with E-state index in [-0.39, 0.29) is 42.5 Å². The van der Waals surface area contributed by atoms with Crippen LogP contribution in [0.2, 0.25) is 0 Å². The summed E-state index contributed by atoms with van der Waals surface area (Å²) in [6.45, 7) is 25.2. The molecule has 0 spiro atoms. The van der Waals surface area contributed by atoms with Gasteiger partial charge in [-0.15, -0.1) is 6.58 Å². The summed E-state index contributed by atoms with van der Waals surface area (Å²) in [7, 11) is 1.35. The van der Waals surface area contributed by atoms with Crippen LogP contribution in [-0.4, -0.2) is 46.8 Å². The van der Waals surface area contributed by atoms with Crippen molar-refractivity contribution < 1.29 is 24.2 Å². The highest BCUT2D eigenvalue weighted by atomic mass is 16.5. The third-order valence-electron chi connectivity index (χ3n) is 12.9. The van der Waals surface area contributed by atoms with E-state index in [2.05, 4.69) is 106 Å². The predicted molar refractivity (Wildman–Crippen MR) is 241 cm³/mol. The van der Waals surface area contributed by atoms with E-state index in [1.807, 2.05) is 26.0 Å². The van der Waals surface area contributed by atoms with E-state index >= 15 is 0 Å². The standard InChI is InChI=1S/C50H64N4O5/c1-12-34-30(7)37-24-39-32(9)36(20-21-43(55)59-23-22-29(6)19-15-18-28(5)17-14-16-27(3)4)47(53-39)45-46(50(57)58-11)49(56)44-33(10)40(54-48(44)45)26-42-35(13-2)31(8)38(52-42)25-41(34)51-37/h12-13,18,22,24-26,31-32,36,46-47,51-54,56H,1,3,14-17,19-21,23H2,2,4-11H3/b28-18+,29-22-,35-13+,38-25-,39-24-,42-26-/t31-,32+,36+,46-,47?/m1/s1. The Hall–Kier alpha value is -5.44. The van der Waals surface area contributed by atoms with Gasteiger partial charge in [-0.1, -0.05) is 55.4 Å². The molecule has 59 heavy (non-hydrogen) atoms. The van der Waals surface area contributed by atoms with Gasteiger partial charge in [-0.25, -0.2) is 0 Å². The van der Waals surface area contributed by atoms with Crippen LogP contribution in [0.15, 0.2) is 70.8 Å². The summed E-state index contributed by atoms with van der Waals surface area (Å²) in [5.41, 5.74) is 14.4. The minimum atomic E-state index is -1.00. The average Bonchev–Trinajstić information content (AvgIpc) is 3.94. The number of nitrogens with one attached hydrogen (secondary N) is 4. The molecule has 6 rings (SSSR count). The summed E-state index contributed by atoms with van der Waals surface area (Å²) < 4.78 is 11.1. The second-order valence-electron chi connectivity index (χ2n) is 17.0. The molecule has 9 nitrogen and oxygen atoms in total. The van der Waals surface area contributed by atoms with Crippen molar-refractivity contribution in [1.29, 1.82) is 0 Å². The number of aromatic amines is 2. The molecule has 5 heterocycles. The minimum absolute atomic E-state index is 0.0259. The molecule has 4 aliphatic rings. The van der Waals surface area contributed by atoms with Gasteiger partial charge in [0.15, 0.2) is 0 Å². The lowest BCUT2D eigenvalue weighted by Crippen LogP contribution is -2.38. The molecule has 2 fully saturated rings. The molecule has 5 atom stereocenters. The Kier molecular flexibility index (Phi) is 13.3. The first-order valence-corrected chi connectivity index (χ1v) is 21.2. The van der Waals surface area contributed by atoms with Gasteiger partial charge in [0.2, 0.25) is 0 Å². The maximum atomic E-state index is 13.6. The number of hydrogen-bond donors (Lipinski definition) is 5. The Labute approximate surface area is 350 Å². The van der Waals surface area contributed by atoms with Gasteiger partial charge in [0.1, 0.15) is 18.3 Å². The first-order valence-electron chi connectivity index (χ1n) is 21.2. The van der Waals surface area contributed by atoms with Crippen LogP contribution in [0, 0.1) is 37.5 Å². The van der Waals surface area contributed by atoms with Crippen LogP contribution in [0.4, 0.5) is 0 Å². The fraction of sp³-hybridized carbons (Fsp3) is 0.440. The highest BCUT2D eigenvalue weighted by molar-refractivity contribution is 5.96. The maximum absolute atomic E-state index is 13.6. The number of ether oxygens (including phenoxy) is 2. The van der Waals surface area contributed by atoms with Crippen molar-refractivity contribution in [2.45, 2.75) is 106 Å². The van der Waals surface area contributed by atoms with E-state index in [0.717, 1.165) is 88.5 Å². The molecule has 1 aliphatic carbocycles. The van der Waals surface area contributed by atoms with Crippen molar-refractivity contribution in [2.75, 3.05) is 13.7 Å². The fourth-order valence-electron chi connectivity index (χ4n) is 9.36. The lowest BCUT2D eigenvalue weighted by molar-refractivity contribution is -0.143. The number of carbonyl (C=O) groups is 2. The zero-order valence-corrected chi connectivity index (χ0v) is 36.6. The molecule has 1 unspecified atom stereocenters. The number of rotatable bonds is 14. The number of aliphatic hydroxyl groups excluding tert-OH is 1. The molecule has 314 valence electrons. The van der Waals surface area contributed by atoms with Crippen molar-refractivity contribution in [3.63, 3.8) is 0 Å². The van der Waals surface area contributed by atoms with Crippen LogP contribution in [0.25, 0.3) is 35.6 Å². The molecule has 9 heteroatoms. The first kappa shape index (κ1) is 43.1. The Morgan fingerprint density at radius 3 is 2.32 bits per heavy atom. The molecular weight excluding hydrogens is 737 g/mol. The van der Waals surface area contributed by atoms with Crippen molar-refractivity contribution >= 4 is 47.6 Å². The van der Waals surface area contributed by atoms with E-state index in [1.54, 1.807) is 0 Å². The van der Waals surface area contributed by atoms with Gasteiger partial charge in [0.05, 0.1) is 18.5 Å². The maximum Gasteiger partial charge on any atom is 0.320 e. The number of esters is 2. The van der Waals surface area contributed by atoms with E-state index in [9.17, 15) is 14.7 Å². The minimum Gasteiger partial charge on any atom is -0.510 e. The largest absolute Gasteiger partial charge is 0.510 e. The van der Waals surface area contributed by atoms with Crippen LogP contribution >= 0.6 is 0 Å². The van der Waals surface area contributed by atoms with Crippen molar-refractivity contribution in [3.8, 4) is 0 Å². The highest BCUT2D eigenvalue weighted by Gasteiger charge is 2.47. The number of fused-ring (bicyclic) bond motifs is 8. The summed E-state index contributed by atoms with van der Waals surface area (Å²) in [5.74, 6) is -1.88. The normalized spacial score (nSPS) is 25.7. The van der Waals surface area contributed by atoms with Crippen molar-refractivity contribution in [2.24, 2.45) is 23.7 Å². The average molecular weight is 801 g/mol. The summed E-state index contributed by atoms with van der Waals surface area (Å²) in [5, 5.41) is 20.7. The Bertz CT molecular complexity index is 2350. The molecule has 2 saturated heterocycles. The Balaban J connectivity index is 1.33. The molecular formula is C50H64N4O5. The van der Waals surface area contributed by atoms with E-state index in [0.29, 0.717) is 22.6 Å². The lowest BCUT2D eigenvalue weighted by Gasteiger charge is -2.26. The monoisotopic (exact) mass is 800 g/mol. The summed E-state index contributed by atoms with van der Waals surface area (Å²) in [6.07, 6.45) is 20.6. The summed E-state index contributed by atoms with van der Waals surface area (Å²) in [4.78, 5) is 34.3. The number of methoxy groups -OCH3 is 1. The van der Waals surface area contributed by atoms with Gasteiger partial charge in [-0.2, -0.15) is 0 Å². The Morgan fingerprint density at radius 2 is 1.63 bits per heavy atom. The number of aromatic nitrogens is 2. The molecule has 5 N–H and O–H groups in total. The third kappa shape index (κ3) is 8.80. The van der Waals surface area contributed by atoms with E-state index in [1.165, 1.54) is 23.8 Å². The highest BCUT2D eigenvalue weighted by Crippen LogP contribution is 2.43. The summed E-state index contributed by atoms with van der Waals surface area (Å²) >= 11 is 0. The number of allylic oxidation sites excluding steroid dienone is 8. The molecule has 2 aromatic rings. The lowest BCUT2D eigenvalue weighted by atomic mass is 9.80. The fourth-order valence-corrected chi connectivity index (χ4v) is 9.36. The predicted octanol–water partition coefficient (Wildman–Crippen LogP) is 9.11. The van der Waals surface area contributed by atoms with Gasteiger partial charge in [-0.3, -0.25) is 9.59 Å².